The molecule has 1 N–H and O–H groups in total. The van der Waals surface area contributed by atoms with Crippen LogP contribution in [-0.2, 0) is 10.5 Å². The van der Waals surface area contributed by atoms with Gasteiger partial charge in [0.1, 0.15) is 5.75 Å². The summed E-state index contributed by atoms with van der Waals surface area (Å²) in [5.41, 5.74) is 0.988. The van der Waals surface area contributed by atoms with Crippen LogP contribution in [0.4, 0.5) is 0 Å². The quantitative estimate of drug-likeness (QED) is 0.863. The van der Waals surface area contributed by atoms with Crippen LogP contribution >= 0.6 is 23.4 Å². The number of hydrogen-bond donors (Lipinski definition) is 1. The van der Waals surface area contributed by atoms with Crippen molar-refractivity contribution in [2.75, 3.05) is 7.11 Å². The number of aliphatic carboxylic acids is 1. The summed E-state index contributed by atoms with van der Waals surface area (Å²) in [7, 11) is 1.61. The molecule has 5 heteroatoms. The van der Waals surface area contributed by atoms with E-state index in [9.17, 15) is 4.79 Å². The molecule has 94 valence electrons. The number of carbonyl (C=O) groups is 1. The maximum atomic E-state index is 10.5. The zero-order chi connectivity index (χ0) is 12.8. The van der Waals surface area contributed by atoms with Gasteiger partial charge in [0.05, 0.1) is 13.5 Å². The Morgan fingerprint density at radius 2 is 2.29 bits per heavy atom. The molecule has 1 aromatic carbocycles. The first-order valence-electron chi connectivity index (χ1n) is 5.18. The van der Waals surface area contributed by atoms with E-state index in [1.54, 1.807) is 24.9 Å². The number of carboxylic acid groups (broad SMARTS) is 1. The Balaban J connectivity index is 2.61. The van der Waals surface area contributed by atoms with Crippen LogP contribution in [0.25, 0.3) is 0 Å². The minimum Gasteiger partial charge on any atom is -0.496 e. The zero-order valence-corrected chi connectivity index (χ0v) is 11.3. The number of hydrogen-bond acceptors (Lipinski definition) is 3. The summed E-state index contributed by atoms with van der Waals surface area (Å²) in [5.74, 6) is 0.700. The molecule has 17 heavy (non-hydrogen) atoms. The van der Waals surface area contributed by atoms with Crippen molar-refractivity contribution in [2.24, 2.45) is 0 Å². The Bertz CT molecular complexity index is 395. The molecular weight excluding hydrogens is 260 g/mol. The summed E-state index contributed by atoms with van der Waals surface area (Å²) < 4.78 is 5.23. The van der Waals surface area contributed by atoms with Gasteiger partial charge >= 0.3 is 5.97 Å². The summed E-state index contributed by atoms with van der Waals surface area (Å²) in [6.45, 7) is 1.90. The van der Waals surface area contributed by atoms with Gasteiger partial charge in [0.25, 0.3) is 0 Å². The van der Waals surface area contributed by atoms with Crippen molar-refractivity contribution >= 4 is 29.3 Å². The van der Waals surface area contributed by atoms with Gasteiger partial charge in [-0.15, -0.1) is 0 Å². The van der Waals surface area contributed by atoms with Crippen LogP contribution in [0.1, 0.15) is 18.9 Å². The number of benzene rings is 1. The van der Waals surface area contributed by atoms with Crippen LogP contribution in [-0.4, -0.2) is 23.4 Å². The third kappa shape index (κ3) is 4.88. The first kappa shape index (κ1) is 14.2. The van der Waals surface area contributed by atoms with Gasteiger partial charge in [0.2, 0.25) is 0 Å². The predicted molar refractivity (Wildman–Crippen MR) is 71.0 cm³/mol. The molecule has 3 nitrogen and oxygen atoms in total. The molecule has 0 aliphatic heterocycles. The molecule has 0 saturated heterocycles. The smallest absolute Gasteiger partial charge is 0.304 e. The molecule has 0 bridgehead atoms. The minimum atomic E-state index is -0.775. The predicted octanol–water partition coefficient (Wildman–Crippen LogP) is 3.45. The number of carboxylic acids is 1. The molecule has 0 spiro atoms. The summed E-state index contributed by atoms with van der Waals surface area (Å²) in [6.07, 6.45) is 0.160. The standard InChI is InChI=1S/C12H15ClO3S/c1-8(5-12(14)15)17-7-9-6-10(13)3-4-11(9)16-2/h3-4,6,8H,5,7H2,1-2H3,(H,14,15). The lowest BCUT2D eigenvalue weighted by Crippen LogP contribution is -2.06. The summed E-state index contributed by atoms with van der Waals surface area (Å²) in [6, 6.07) is 5.44. The molecule has 1 unspecified atom stereocenters. The normalized spacial score (nSPS) is 12.2. The number of methoxy groups -OCH3 is 1. The molecule has 0 amide bonds. The second kappa shape index (κ2) is 6.77. The van der Waals surface area contributed by atoms with Gasteiger partial charge in [0.15, 0.2) is 0 Å². The van der Waals surface area contributed by atoms with Gasteiger partial charge in [-0.1, -0.05) is 18.5 Å². The van der Waals surface area contributed by atoms with E-state index in [1.807, 2.05) is 19.1 Å². The van der Waals surface area contributed by atoms with E-state index in [0.29, 0.717) is 10.8 Å². The second-order valence-corrected chi connectivity index (χ2v) is 5.54. The van der Waals surface area contributed by atoms with Crippen molar-refractivity contribution < 1.29 is 14.6 Å². The van der Waals surface area contributed by atoms with Crippen molar-refractivity contribution in [3.63, 3.8) is 0 Å². The Morgan fingerprint density at radius 1 is 1.59 bits per heavy atom. The molecule has 0 saturated carbocycles. The molecule has 0 aliphatic rings. The van der Waals surface area contributed by atoms with Crippen molar-refractivity contribution in [3.8, 4) is 5.75 Å². The Labute approximate surface area is 110 Å². The fourth-order valence-corrected chi connectivity index (χ4v) is 2.54. The molecule has 1 rings (SSSR count). The SMILES string of the molecule is COc1ccc(Cl)cc1CSC(C)CC(=O)O. The molecule has 0 aromatic heterocycles. The summed E-state index contributed by atoms with van der Waals surface area (Å²) >= 11 is 7.49. The molecule has 0 radical (unpaired) electrons. The zero-order valence-electron chi connectivity index (χ0n) is 9.77. The molecule has 1 aromatic rings. The molecule has 0 heterocycles. The first-order chi connectivity index (χ1) is 8.02. The van der Waals surface area contributed by atoms with Crippen molar-refractivity contribution in [1.82, 2.24) is 0 Å². The van der Waals surface area contributed by atoms with Crippen LogP contribution < -0.4 is 4.74 Å². The molecule has 0 fully saturated rings. The highest BCUT2D eigenvalue weighted by molar-refractivity contribution is 7.99. The van der Waals surface area contributed by atoms with Crippen LogP contribution in [0.5, 0.6) is 5.75 Å². The van der Waals surface area contributed by atoms with E-state index in [1.165, 1.54) is 0 Å². The van der Waals surface area contributed by atoms with E-state index in [2.05, 4.69) is 0 Å². The largest absolute Gasteiger partial charge is 0.496 e. The van der Waals surface area contributed by atoms with Crippen molar-refractivity contribution in [3.05, 3.63) is 28.8 Å². The number of halogens is 1. The third-order valence-corrected chi connectivity index (χ3v) is 3.68. The maximum absolute atomic E-state index is 10.5. The van der Waals surface area contributed by atoms with Gasteiger partial charge in [-0.05, 0) is 18.2 Å². The average molecular weight is 275 g/mol. The second-order valence-electron chi connectivity index (χ2n) is 3.68. The fourth-order valence-electron chi connectivity index (χ4n) is 1.40. The van der Waals surface area contributed by atoms with E-state index in [4.69, 9.17) is 21.4 Å². The number of ether oxygens (including phenoxy) is 1. The van der Waals surface area contributed by atoms with E-state index in [-0.39, 0.29) is 11.7 Å². The van der Waals surface area contributed by atoms with Crippen LogP contribution in [0.15, 0.2) is 18.2 Å². The highest BCUT2D eigenvalue weighted by Gasteiger charge is 2.10. The maximum Gasteiger partial charge on any atom is 0.304 e. The number of rotatable bonds is 6. The van der Waals surface area contributed by atoms with Gasteiger partial charge in [0, 0.05) is 21.6 Å². The third-order valence-electron chi connectivity index (χ3n) is 2.23. The van der Waals surface area contributed by atoms with Crippen LogP contribution in [0.3, 0.4) is 0 Å². The molecule has 0 aliphatic carbocycles. The average Bonchev–Trinajstić information content (AvgIpc) is 2.25. The highest BCUT2D eigenvalue weighted by atomic mass is 35.5. The van der Waals surface area contributed by atoms with Crippen LogP contribution in [0.2, 0.25) is 5.02 Å². The lowest BCUT2D eigenvalue weighted by atomic mass is 10.2. The van der Waals surface area contributed by atoms with E-state index >= 15 is 0 Å². The molecular formula is C12H15ClO3S. The van der Waals surface area contributed by atoms with Crippen molar-refractivity contribution in [1.29, 1.82) is 0 Å². The summed E-state index contributed by atoms with van der Waals surface area (Å²) in [5, 5.41) is 9.39. The Morgan fingerprint density at radius 3 is 2.88 bits per heavy atom. The minimum absolute atomic E-state index is 0.0659. The van der Waals surface area contributed by atoms with Gasteiger partial charge in [-0.3, -0.25) is 4.79 Å². The summed E-state index contributed by atoms with van der Waals surface area (Å²) in [4.78, 5) is 10.5. The Hall–Kier alpha value is -0.870. The highest BCUT2D eigenvalue weighted by Crippen LogP contribution is 2.28. The topological polar surface area (TPSA) is 46.5 Å². The Kier molecular flexibility index (Phi) is 5.65. The van der Waals surface area contributed by atoms with Gasteiger partial charge < -0.3 is 9.84 Å². The monoisotopic (exact) mass is 274 g/mol. The van der Waals surface area contributed by atoms with E-state index in [0.717, 1.165) is 11.3 Å². The molecule has 1 atom stereocenters. The van der Waals surface area contributed by atoms with Gasteiger partial charge in [-0.25, -0.2) is 0 Å². The van der Waals surface area contributed by atoms with Crippen LogP contribution in [0, 0.1) is 0 Å². The lowest BCUT2D eigenvalue weighted by molar-refractivity contribution is -0.136. The fraction of sp³-hybridized carbons (Fsp3) is 0.417. The first-order valence-corrected chi connectivity index (χ1v) is 6.61. The lowest BCUT2D eigenvalue weighted by Gasteiger charge is -2.11. The van der Waals surface area contributed by atoms with Crippen molar-refractivity contribution in [2.45, 2.75) is 24.3 Å². The number of thioether (sulfide) groups is 1. The van der Waals surface area contributed by atoms with E-state index < -0.39 is 5.97 Å². The van der Waals surface area contributed by atoms with Gasteiger partial charge in [-0.2, -0.15) is 11.8 Å².